The van der Waals surface area contributed by atoms with Crippen LogP contribution >= 0.6 is 0 Å². The van der Waals surface area contributed by atoms with E-state index in [1.807, 2.05) is 6.07 Å². The van der Waals surface area contributed by atoms with Crippen molar-refractivity contribution in [3.8, 4) is 0 Å². The monoisotopic (exact) mass is 294 g/mol. The molecule has 21 heavy (non-hydrogen) atoms. The summed E-state index contributed by atoms with van der Waals surface area (Å²) >= 11 is 0. The Balaban J connectivity index is 2.68. The maximum absolute atomic E-state index is 5.47. The van der Waals surface area contributed by atoms with E-state index in [1.54, 1.807) is 0 Å². The Bertz CT molecular complexity index is 422. The minimum Gasteiger partial charge on any atom is -0.369 e. The highest BCUT2D eigenvalue weighted by Crippen LogP contribution is 2.16. The first-order chi connectivity index (χ1) is 9.85. The van der Waals surface area contributed by atoms with Crippen molar-refractivity contribution in [2.75, 3.05) is 23.8 Å². The molecule has 0 fully saturated rings. The lowest BCUT2D eigenvalue weighted by Crippen LogP contribution is -2.40. The standard InChI is InChI=1S/C15H30N6/c1-10(2)15-18-13(9-14(19-15)20-16)17-7-8-21(11(3)4)12(5)6/h9-12H,7-8,16H2,1-6H3,(H2,17,18,19,20). The number of hydrogen-bond acceptors (Lipinski definition) is 6. The van der Waals surface area contributed by atoms with Crippen molar-refractivity contribution in [3.63, 3.8) is 0 Å². The van der Waals surface area contributed by atoms with E-state index in [0.717, 1.165) is 24.7 Å². The Hall–Kier alpha value is -1.40. The van der Waals surface area contributed by atoms with E-state index in [0.29, 0.717) is 17.9 Å². The summed E-state index contributed by atoms with van der Waals surface area (Å²) in [5.74, 6) is 7.98. The van der Waals surface area contributed by atoms with Gasteiger partial charge in [-0.1, -0.05) is 13.8 Å². The Kier molecular flexibility index (Phi) is 6.84. The Morgan fingerprint density at radius 2 is 1.62 bits per heavy atom. The molecule has 0 unspecified atom stereocenters. The number of aromatic nitrogens is 2. The molecule has 0 atom stereocenters. The number of nitrogens with two attached hydrogens (primary N) is 1. The topological polar surface area (TPSA) is 79.1 Å². The van der Waals surface area contributed by atoms with Crippen molar-refractivity contribution in [1.29, 1.82) is 0 Å². The lowest BCUT2D eigenvalue weighted by molar-refractivity contribution is 0.182. The fourth-order valence-corrected chi connectivity index (χ4v) is 2.31. The lowest BCUT2D eigenvalue weighted by atomic mass is 10.2. The second-order valence-electron chi connectivity index (χ2n) is 6.15. The number of hydrogen-bond donors (Lipinski definition) is 3. The van der Waals surface area contributed by atoms with E-state index in [4.69, 9.17) is 5.84 Å². The molecule has 0 bridgehead atoms. The first-order valence-electron chi connectivity index (χ1n) is 7.70. The molecule has 1 heterocycles. The van der Waals surface area contributed by atoms with Gasteiger partial charge in [0.2, 0.25) is 0 Å². The molecule has 0 saturated heterocycles. The molecular formula is C15H30N6. The summed E-state index contributed by atoms with van der Waals surface area (Å²) in [6.07, 6.45) is 0. The molecular weight excluding hydrogens is 264 g/mol. The van der Waals surface area contributed by atoms with Crippen LogP contribution in [0.25, 0.3) is 0 Å². The van der Waals surface area contributed by atoms with Crippen molar-refractivity contribution >= 4 is 11.6 Å². The van der Waals surface area contributed by atoms with Gasteiger partial charge in [-0.2, -0.15) is 0 Å². The highest BCUT2D eigenvalue weighted by molar-refractivity contribution is 5.47. The van der Waals surface area contributed by atoms with Gasteiger partial charge in [-0.15, -0.1) is 0 Å². The molecule has 0 aliphatic carbocycles. The minimum absolute atomic E-state index is 0.265. The van der Waals surface area contributed by atoms with Crippen LogP contribution in [0.4, 0.5) is 11.6 Å². The van der Waals surface area contributed by atoms with Crippen LogP contribution in [0, 0.1) is 0 Å². The predicted octanol–water partition coefficient (Wildman–Crippen LogP) is 2.42. The molecule has 0 radical (unpaired) electrons. The van der Waals surface area contributed by atoms with Crippen LogP contribution in [0.15, 0.2) is 6.07 Å². The number of anilines is 2. The second-order valence-corrected chi connectivity index (χ2v) is 6.15. The van der Waals surface area contributed by atoms with Gasteiger partial charge in [0.15, 0.2) is 0 Å². The van der Waals surface area contributed by atoms with Crippen molar-refractivity contribution in [2.45, 2.75) is 59.5 Å². The Morgan fingerprint density at radius 3 is 2.10 bits per heavy atom. The van der Waals surface area contributed by atoms with E-state index in [2.05, 4.69) is 67.2 Å². The van der Waals surface area contributed by atoms with Gasteiger partial charge in [0.25, 0.3) is 0 Å². The summed E-state index contributed by atoms with van der Waals surface area (Å²) in [4.78, 5) is 11.3. The first-order valence-corrected chi connectivity index (χ1v) is 7.70. The zero-order valence-corrected chi connectivity index (χ0v) is 14.1. The molecule has 0 saturated carbocycles. The summed E-state index contributed by atoms with van der Waals surface area (Å²) in [6.45, 7) is 14.8. The van der Waals surface area contributed by atoms with Crippen LogP contribution in [0.2, 0.25) is 0 Å². The number of rotatable bonds is 8. The molecule has 0 spiro atoms. The zero-order chi connectivity index (χ0) is 16.0. The van der Waals surface area contributed by atoms with Crippen LogP contribution in [0.1, 0.15) is 53.3 Å². The van der Waals surface area contributed by atoms with Crippen molar-refractivity contribution in [1.82, 2.24) is 14.9 Å². The average Bonchev–Trinajstić information content (AvgIpc) is 2.42. The Morgan fingerprint density at radius 1 is 1.05 bits per heavy atom. The molecule has 6 heteroatoms. The normalized spacial score (nSPS) is 11.8. The summed E-state index contributed by atoms with van der Waals surface area (Å²) in [5, 5.41) is 3.37. The van der Waals surface area contributed by atoms with Gasteiger partial charge in [0, 0.05) is 37.2 Å². The molecule has 6 nitrogen and oxygen atoms in total. The van der Waals surface area contributed by atoms with E-state index >= 15 is 0 Å². The summed E-state index contributed by atoms with van der Waals surface area (Å²) in [7, 11) is 0. The first kappa shape index (κ1) is 17.7. The van der Waals surface area contributed by atoms with Gasteiger partial charge < -0.3 is 10.7 Å². The van der Waals surface area contributed by atoms with Crippen LogP contribution in [-0.2, 0) is 0 Å². The molecule has 1 aromatic heterocycles. The quantitative estimate of drug-likeness (QED) is 0.505. The third-order valence-electron chi connectivity index (χ3n) is 3.41. The fraction of sp³-hybridized carbons (Fsp3) is 0.733. The van der Waals surface area contributed by atoms with E-state index < -0.39 is 0 Å². The highest BCUT2D eigenvalue weighted by Gasteiger charge is 2.13. The molecule has 4 N–H and O–H groups in total. The van der Waals surface area contributed by atoms with E-state index in [1.165, 1.54) is 0 Å². The molecule has 0 aromatic carbocycles. The van der Waals surface area contributed by atoms with Gasteiger partial charge in [0.1, 0.15) is 17.5 Å². The number of hydrazine groups is 1. The van der Waals surface area contributed by atoms with Crippen LogP contribution in [0.3, 0.4) is 0 Å². The Labute approximate surface area is 128 Å². The van der Waals surface area contributed by atoms with Crippen molar-refractivity contribution in [3.05, 3.63) is 11.9 Å². The molecule has 120 valence electrons. The summed E-state index contributed by atoms with van der Waals surface area (Å²) in [6, 6.07) is 2.90. The smallest absolute Gasteiger partial charge is 0.145 e. The average molecular weight is 294 g/mol. The van der Waals surface area contributed by atoms with Gasteiger partial charge in [0.05, 0.1) is 0 Å². The summed E-state index contributed by atoms with van der Waals surface area (Å²) < 4.78 is 0. The van der Waals surface area contributed by atoms with Gasteiger partial charge >= 0.3 is 0 Å². The number of nitrogen functional groups attached to an aromatic ring is 1. The largest absolute Gasteiger partial charge is 0.369 e. The summed E-state index contributed by atoms with van der Waals surface area (Å²) in [5.41, 5.74) is 2.60. The molecule has 1 aromatic rings. The van der Waals surface area contributed by atoms with Crippen LogP contribution < -0.4 is 16.6 Å². The number of nitrogens with one attached hydrogen (secondary N) is 2. The maximum Gasteiger partial charge on any atom is 0.145 e. The molecule has 0 aliphatic rings. The highest BCUT2D eigenvalue weighted by atomic mass is 15.3. The van der Waals surface area contributed by atoms with Crippen molar-refractivity contribution < 1.29 is 0 Å². The third-order valence-corrected chi connectivity index (χ3v) is 3.41. The molecule has 1 rings (SSSR count). The van der Waals surface area contributed by atoms with Crippen LogP contribution in [0.5, 0.6) is 0 Å². The van der Waals surface area contributed by atoms with Gasteiger partial charge in [-0.25, -0.2) is 15.8 Å². The SMILES string of the molecule is CC(C)c1nc(NN)cc(NCCN(C(C)C)C(C)C)n1. The zero-order valence-electron chi connectivity index (χ0n) is 14.1. The van der Waals surface area contributed by atoms with Crippen LogP contribution in [-0.4, -0.2) is 40.0 Å². The fourth-order valence-electron chi connectivity index (χ4n) is 2.31. The maximum atomic E-state index is 5.47. The lowest BCUT2D eigenvalue weighted by Gasteiger charge is -2.30. The molecule has 0 aliphatic heterocycles. The van der Waals surface area contributed by atoms with E-state index in [9.17, 15) is 0 Å². The van der Waals surface area contributed by atoms with Gasteiger partial charge in [-0.05, 0) is 27.7 Å². The van der Waals surface area contributed by atoms with Gasteiger partial charge in [-0.3, -0.25) is 4.90 Å². The number of nitrogens with zero attached hydrogens (tertiary/aromatic N) is 3. The molecule has 0 amide bonds. The predicted molar refractivity (Wildman–Crippen MR) is 89.4 cm³/mol. The van der Waals surface area contributed by atoms with Crippen molar-refractivity contribution in [2.24, 2.45) is 5.84 Å². The second kappa shape index (κ2) is 8.14. The minimum atomic E-state index is 0.265. The van der Waals surface area contributed by atoms with E-state index in [-0.39, 0.29) is 5.92 Å². The third kappa shape index (κ3) is 5.47.